The van der Waals surface area contributed by atoms with Crippen molar-refractivity contribution in [3.8, 4) is 0 Å². The molecule has 6 heteroatoms. The molecule has 2 fully saturated rings. The number of rotatable bonds is 4. The van der Waals surface area contributed by atoms with Crippen molar-refractivity contribution in [2.45, 2.75) is 32.6 Å². The van der Waals surface area contributed by atoms with E-state index in [0.717, 1.165) is 32.7 Å². The Morgan fingerprint density at radius 2 is 1.83 bits per heavy atom. The lowest BCUT2D eigenvalue weighted by molar-refractivity contribution is -0.144. The molecule has 0 unspecified atom stereocenters. The molecule has 2 aliphatic rings. The number of ether oxygens (including phenoxy) is 1. The van der Waals surface area contributed by atoms with Crippen LogP contribution in [0.2, 0.25) is 0 Å². The zero-order chi connectivity index (χ0) is 16.9. The van der Waals surface area contributed by atoms with Crippen LogP contribution >= 0.6 is 0 Å². The van der Waals surface area contributed by atoms with E-state index in [2.05, 4.69) is 20.9 Å². The lowest BCUT2D eigenvalue weighted by atomic mass is 10.2. The van der Waals surface area contributed by atoms with Gasteiger partial charge in [0.25, 0.3) is 0 Å². The van der Waals surface area contributed by atoms with Gasteiger partial charge in [-0.2, -0.15) is 0 Å². The molecule has 132 valence electrons. The van der Waals surface area contributed by atoms with Crippen LogP contribution in [-0.4, -0.2) is 83.6 Å². The van der Waals surface area contributed by atoms with Crippen LogP contribution in [0.3, 0.4) is 0 Å². The fourth-order valence-electron chi connectivity index (χ4n) is 3.53. The van der Waals surface area contributed by atoms with Crippen LogP contribution in [-0.2, 0) is 16.1 Å². The molecule has 1 amide bonds. The maximum atomic E-state index is 12.5. The van der Waals surface area contributed by atoms with Gasteiger partial charge in [0.05, 0.1) is 18.8 Å². The van der Waals surface area contributed by atoms with E-state index < -0.39 is 0 Å². The minimum Gasteiger partial charge on any atom is -0.372 e. The average Bonchev–Trinajstić information content (AvgIpc) is 2.57. The van der Waals surface area contributed by atoms with E-state index in [1.54, 1.807) is 6.20 Å². The maximum Gasteiger partial charge on any atom is 0.236 e. The highest BCUT2D eigenvalue weighted by atomic mass is 16.5. The van der Waals surface area contributed by atoms with Gasteiger partial charge in [0, 0.05) is 58.2 Å². The van der Waals surface area contributed by atoms with Crippen molar-refractivity contribution < 1.29 is 9.53 Å². The molecule has 0 aromatic carbocycles. The first-order valence-electron chi connectivity index (χ1n) is 8.87. The average molecular weight is 332 g/mol. The summed E-state index contributed by atoms with van der Waals surface area (Å²) in [5, 5.41) is 0. The Morgan fingerprint density at radius 3 is 2.46 bits per heavy atom. The number of hydrogen-bond donors (Lipinski definition) is 0. The highest BCUT2D eigenvalue weighted by Crippen LogP contribution is 2.12. The second-order valence-corrected chi connectivity index (χ2v) is 6.97. The summed E-state index contributed by atoms with van der Waals surface area (Å²) in [6.45, 7) is 10.8. The number of piperazine rings is 1. The Balaban J connectivity index is 1.42. The lowest BCUT2D eigenvalue weighted by Crippen LogP contribution is -2.53. The quantitative estimate of drug-likeness (QED) is 0.818. The van der Waals surface area contributed by atoms with Crippen molar-refractivity contribution in [2.24, 2.45) is 0 Å². The van der Waals surface area contributed by atoms with Crippen molar-refractivity contribution in [1.82, 2.24) is 19.7 Å². The first kappa shape index (κ1) is 17.3. The third kappa shape index (κ3) is 4.75. The molecule has 0 aliphatic carbocycles. The van der Waals surface area contributed by atoms with Gasteiger partial charge in [-0.3, -0.25) is 19.6 Å². The number of carbonyl (C=O) groups excluding carboxylic acids is 1. The summed E-state index contributed by atoms with van der Waals surface area (Å²) in [6.07, 6.45) is 4.00. The molecule has 6 nitrogen and oxygen atoms in total. The molecule has 0 radical (unpaired) electrons. The van der Waals surface area contributed by atoms with Crippen molar-refractivity contribution in [3.05, 3.63) is 30.1 Å². The summed E-state index contributed by atoms with van der Waals surface area (Å²) < 4.78 is 5.71. The van der Waals surface area contributed by atoms with Crippen LogP contribution in [0.15, 0.2) is 24.5 Å². The molecular weight excluding hydrogens is 304 g/mol. The summed E-state index contributed by atoms with van der Waals surface area (Å²) in [7, 11) is 0. The van der Waals surface area contributed by atoms with Gasteiger partial charge in [-0.15, -0.1) is 0 Å². The van der Waals surface area contributed by atoms with Crippen molar-refractivity contribution in [1.29, 1.82) is 0 Å². The van der Waals surface area contributed by atoms with Gasteiger partial charge < -0.3 is 9.64 Å². The van der Waals surface area contributed by atoms with E-state index in [-0.39, 0.29) is 18.1 Å². The Labute approximate surface area is 144 Å². The molecule has 3 heterocycles. The first-order chi connectivity index (χ1) is 11.6. The van der Waals surface area contributed by atoms with Crippen molar-refractivity contribution in [3.63, 3.8) is 0 Å². The SMILES string of the molecule is C[C@@H]1CN(C(=O)CN2CCN(Cc3cccnc3)CC2)C[C@H](C)O1. The van der Waals surface area contributed by atoms with E-state index in [0.29, 0.717) is 19.6 Å². The molecule has 1 aromatic heterocycles. The Hall–Kier alpha value is -1.50. The summed E-state index contributed by atoms with van der Waals surface area (Å²) in [5.74, 6) is 0.234. The second-order valence-electron chi connectivity index (χ2n) is 6.97. The second kappa shape index (κ2) is 8.05. The summed E-state index contributed by atoms with van der Waals surface area (Å²) in [6, 6.07) is 4.10. The predicted molar refractivity (Wildman–Crippen MR) is 92.5 cm³/mol. The maximum absolute atomic E-state index is 12.5. The Bertz CT molecular complexity index is 521. The van der Waals surface area contributed by atoms with Gasteiger partial charge in [0.2, 0.25) is 5.91 Å². The van der Waals surface area contributed by atoms with E-state index in [4.69, 9.17) is 4.74 Å². The number of nitrogens with zero attached hydrogens (tertiary/aromatic N) is 4. The largest absolute Gasteiger partial charge is 0.372 e. The van der Waals surface area contributed by atoms with Crippen molar-refractivity contribution >= 4 is 5.91 Å². The summed E-state index contributed by atoms with van der Waals surface area (Å²) >= 11 is 0. The molecule has 24 heavy (non-hydrogen) atoms. The molecule has 3 rings (SSSR count). The molecule has 2 aliphatic heterocycles. The molecular formula is C18H28N4O2. The first-order valence-corrected chi connectivity index (χ1v) is 8.87. The van der Waals surface area contributed by atoms with Gasteiger partial charge in [-0.1, -0.05) is 6.07 Å². The van der Waals surface area contributed by atoms with Crippen LogP contribution in [0.1, 0.15) is 19.4 Å². The van der Waals surface area contributed by atoms with E-state index in [9.17, 15) is 4.79 Å². The minimum absolute atomic E-state index is 0.133. The lowest BCUT2D eigenvalue weighted by Gasteiger charge is -2.38. The van der Waals surface area contributed by atoms with Gasteiger partial charge >= 0.3 is 0 Å². The number of pyridine rings is 1. The highest BCUT2D eigenvalue weighted by Gasteiger charge is 2.27. The van der Waals surface area contributed by atoms with Gasteiger partial charge in [-0.25, -0.2) is 0 Å². The Kier molecular flexibility index (Phi) is 5.81. The fraction of sp³-hybridized carbons (Fsp3) is 0.667. The molecule has 1 aromatic rings. The zero-order valence-electron chi connectivity index (χ0n) is 14.7. The van der Waals surface area contributed by atoms with Crippen LogP contribution < -0.4 is 0 Å². The van der Waals surface area contributed by atoms with Gasteiger partial charge in [0.1, 0.15) is 0 Å². The number of morpholine rings is 1. The van der Waals surface area contributed by atoms with E-state index >= 15 is 0 Å². The van der Waals surface area contributed by atoms with Gasteiger partial charge in [0.15, 0.2) is 0 Å². The summed E-state index contributed by atoms with van der Waals surface area (Å²) in [4.78, 5) is 23.4. The molecule has 2 atom stereocenters. The van der Waals surface area contributed by atoms with Crippen LogP contribution in [0.5, 0.6) is 0 Å². The number of amides is 1. The zero-order valence-corrected chi connectivity index (χ0v) is 14.7. The van der Waals surface area contributed by atoms with Gasteiger partial charge in [-0.05, 0) is 25.5 Å². The third-order valence-corrected chi connectivity index (χ3v) is 4.73. The standard InChI is InChI=1S/C18H28N4O2/c1-15-11-22(12-16(2)24-15)18(23)14-21-8-6-20(7-9-21)13-17-4-3-5-19-10-17/h3-5,10,15-16H,6-9,11-14H2,1-2H3/t15-,16+. The number of aromatic nitrogens is 1. The van der Waals surface area contributed by atoms with Crippen molar-refractivity contribution in [2.75, 3.05) is 45.8 Å². The van der Waals surface area contributed by atoms with Crippen LogP contribution in [0, 0.1) is 0 Å². The molecule has 2 saturated heterocycles. The van der Waals surface area contributed by atoms with E-state index in [1.165, 1.54) is 5.56 Å². The smallest absolute Gasteiger partial charge is 0.236 e. The molecule has 0 saturated carbocycles. The molecule has 0 spiro atoms. The minimum atomic E-state index is 0.133. The normalized spacial score (nSPS) is 26.5. The van der Waals surface area contributed by atoms with Crippen LogP contribution in [0.4, 0.5) is 0 Å². The third-order valence-electron chi connectivity index (χ3n) is 4.73. The topological polar surface area (TPSA) is 48.9 Å². The number of carbonyl (C=O) groups is 1. The predicted octanol–water partition coefficient (Wildman–Crippen LogP) is 0.835. The molecule has 0 bridgehead atoms. The molecule has 0 N–H and O–H groups in total. The number of hydrogen-bond acceptors (Lipinski definition) is 5. The highest BCUT2D eigenvalue weighted by molar-refractivity contribution is 5.78. The Morgan fingerprint density at radius 1 is 1.17 bits per heavy atom. The van der Waals surface area contributed by atoms with Crippen LogP contribution in [0.25, 0.3) is 0 Å². The monoisotopic (exact) mass is 332 g/mol. The fourth-order valence-corrected chi connectivity index (χ4v) is 3.53. The van der Waals surface area contributed by atoms with E-state index in [1.807, 2.05) is 31.0 Å². The summed E-state index contributed by atoms with van der Waals surface area (Å²) in [5.41, 5.74) is 1.25.